The number of carbonyl (C=O) groups excluding carboxylic acids is 3. The van der Waals surface area contributed by atoms with Gasteiger partial charge in [-0.2, -0.15) is 0 Å². The number of rotatable bonds is 6. The number of carbonyl (C=O) groups is 4. The molecule has 3 N–H and O–H groups in total. The van der Waals surface area contributed by atoms with Crippen molar-refractivity contribution in [2.75, 3.05) is 0 Å². The first kappa shape index (κ1) is 48.7. The van der Waals surface area contributed by atoms with Crippen LogP contribution < -0.4 is 5.73 Å². The fourth-order valence-electron chi connectivity index (χ4n) is 5.67. The first-order valence-electron chi connectivity index (χ1n) is 17.3. The molecule has 17 heteroatoms. The number of aromatic nitrogens is 2. The van der Waals surface area contributed by atoms with Crippen molar-refractivity contribution in [3.05, 3.63) is 57.1 Å². The zero-order valence-corrected chi connectivity index (χ0v) is 34.8. The summed E-state index contributed by atoms with van der Waals surface area (Å²) < 4.78 is 38.1. The van der Waals surface area contributed by atoms with E-state index in [1.807, 2.05) is 13.8 Å². The minimum Gasteiger partial charge on any atom is -0.480 e. The van der Waals surface area contributed by atoms with Crippen LogP contribution in [-0.2, 0) is 32.0 Å². The highest BCUT2D eigenvalue weighted by atomic mass is 35.5. The van der Waals surface area contributed by atoms with E-state index >= 15 is 0 Å². The summed E-state index contributed by atoms with van der Waals surface area (Å²) in [4.78, 5) is 58.1. The number of carboxylic acids is 1. The first-order chi connectivity index (χ1) is 24.4. The SMILES string of the molecule is C[C@H]1[C@H](F)C[C@@H](C(=O)O)N1C(=O)OC(C)(C)C.Cc1cnc(Cl)cc1CCC(=O)[C@@H]1C[C@@H](F)[C@H](C)N1C(=O)OC(C)(C)C.Cc1cnc(Cl)cc1CN.Cl. The second kappa shape index (κ2) is 20.5. The number of halogens is 5. The number of hydrogen-bond donors (Lipinski definition) is 2. The predicted molar refractivity (Wildman–Crippen MR) is 206 cm³/mol. The lowest BCUT2D eigenvalue weighted by Crippen LogP contribution is -2.47. The number of ether oxygens (including phenoxy) is 2. The predicted octanol–water partition coefficient (Wildman–Crippen LogP) is 8.01. The molecule has 0 radical (unpaired) electrons. The Morgan fingerprint density at radius 2 is 1.20 bits per heavy atom. The number of aryl methyl sites for hydroxylation is 3. The Balaban J connectivity index is 0.000000446. The third kappa shape index (κ3) is 14.4. The number of amides is 2. The second-order valence-electron chi connectivity index (χ2n) is 15.2. The fourth-order valence-corrected chi connectivity index (χ4v) is 6.03. The minimum absolute atomic E-state index is 0. The summed E-state index contributed by atoms with van der Waals surface area (Å²) in [5.74, 6) is -1.38. The number of pyridine rings is 2. The molecule has 2 aliphatic heterocycles. The van der Waals surface area contributed by atoms with Gasteiger partial charge in [0.25, 0.3) is 0 Å². The van der Waals surface area contributed by atoms with Crippen LogP contribution in [-0.4, -0.2) is 96.5 Å². The van der Waals surface area contributed by atoms with Crippen molar-refractivity contribution in [2.45, 2.75) is 149 Å². The maximum atomic E-state index is 14.2. The largest absolute Gasteiger partial charge is 0.480 e. The van der Waals surface area contributed by atoms with E-state index in [-0.39, 0.29) is 37.5 Å². The van der Waals surface area contributed by atoms with Crippen LogP contribution in [0.2, 0.25) is 10.3 Å². The maximum Gasteiger partial charge on any atom is 0.411 e. The fraction of sp³-hybridized carbons (Fsp3) is 0.622. The molecule has 0 unspecified atom stereocenters. The Kier molecular flexibility index (Phi) is 18.5. The zero-order chi connectivity index (χ0) is 40.6. The molecule has 12 nitrogen and oxygen atoms in total. The number of Topliss-reactive ketones (excluding diaryl/α,β-unsaturated/α-hetero) is 1. The molecule has 2 saturated heterocycles. The van der Waals surface area contributed by atoms with Gasteiger partial charge in [0.1, 0.15) is 39.9 Å². The Morgan fingerprint density at radius 1 is 0.815 bits per heavy atom. The van der Waals surface area contributed by atoms with Gasteiger partial charge in [0, 0.05) is 38.2 Å². The highest BCUT2D eigenvalue weighted by molar-refractivity contribution is 6.29. The molecule has 2 amide bonds. The lowest BCUT2D eigenvalue weighted by molar-refractivity contribution is -0.142. The third-order valence-electron chi connectivity index (χ3n) is 8.58. The molecule has 0 bridgehead atoms. The number of carboxylic acid groups (broad SMARTS) is 1. The Hall–Kier alpha value is -3.33. The van der Waals surface area contributed by atoms with E-state index in [1.54, 1.807) is 73.0 Å². The molecule has 6 atom stereocenters. The Bertz CT molecular complexity index is 1610. The Morgan fingerprint density at radius 3 is 1.59 bits per heavy atom. The molecule has 54 heavy (non-hydrogen) atoms. The molecule has 0 aliphatic carbocycles. The molecule has 2 aromatic rings. The average Bonchev–Trinajstić information content (AvgIpc) is 3.51. The normalized spacial score (nSPS) is 22.2. The van der Waals surface area contributed by atoms with E-state index in [1.165, 1.54) is 11.8 Å². The van der Waals surface area contributed by atoms with Gasteiger partial charge in [-0.25, -0.2) is 33.1 Å². The van der Waals surface area contributed by atoms with Gasteiger partial charge < -0.3 is 20.3 Å². The van der Waals surface area contributed by atoms with E-state index < -0.39 is 65.9 Å². The number of ketones is 1. The van der Waals surface area contributed by atoms with E-state index in [0.717, 1.165) is 27.2 Å². The second-order valence-corrected chi connectivity index (χ2v) is 15.9. The highest BCUT2D eigenvalue weighted by Crippen LogP contribution is 2.31. The topological polar surface area (TPSA) is 165 Å². The summed E-state index contributed by atoms with van der Waals surface area (Å²) in [5, 5.41) is 9.82. The number of alkyl halides is 2. The first-order valence-corrected chi connectivity index (χ1v) is 18.1. The van der Waals surface area contributed by atoms with Crippen LogP contribution >= 0.6 is 35.6 Å². The highest BCUT2D eigenvalue weighted by Gasteiger charge is 2.47. The summed E-state index contributed by atoms with van der Waals surface area (Å²) in [5.41, 5.74) is 8.01. The molecule has 304 valence electrons. The van der Waals surface area contributed by atoms with Crippen LogP contribution in [0, 0.1) is 13.8 Å². The molecular weight excluding hydrogens is 771 g/mol. The van der Waals surface area contributed by atoms with Crippen LogP contribution in [0.15, 0.2) is 24.5 Å². The number of nitrogens with two attached hydrogens (primary N) is 1. The number of hydrogen-bond acceptors (Lipinski definition) is 9. The summed E-state index contributed by atoms with van der Waals surface area (Å²) in [6.07, 6.45) is -0.122. The number of nitrogens with zero attached hydrogens (tertiary/aromatic N) is 4. The van der Waals surface area contributed by atoms with Gasteiger partial charge in [0.15, 0.2) is 5.78 Å². The lowest BCUT2D eigenvalue weighted by atomic mass is 10.00. The van der Waals surface area contributed by atoms with E-state index in [4.69, 9.17) is 43.5 Å². The van der Waals surface area contributed by atoms with Crippen molar-refractivity contribution >= 4 is 59.5 Å². The Labute approximate surface area is 332 Å². The van der Waals surface area contributed by atoms with E-state index in [2.05, 4.69) is 9.97 Å². The van der Waals surface area contributed by atoms with Crippen molar-refractivity contribution in [2.24, 2.45) is 5.73 Å². The average molecular weight is 825 g/mol. The van der Waals surface area contributed by atoms with E-state index in [0.29, 0.717) is 23.3 Å². The van der Waals surface area contributed by atoms with E-state index in [9.17, 15) is 28.0 Å². The molecular formula is C37H54Cl3F2N5O7. The van der Waals surface area contributed by atoms with Crippen molar-refractivity contribution < 1.29 is 42.5 Å². The summed E-state index contributed by atoms with van der Waals surface area (Å²) >= 11 is 11.5. The van der Waals surface area contributed by atoms with Gasteiger partial charge in [-0.1, -0.05) is 23.2 Å². The third-order valence-corrected chi connectivity index (χ3v) is 9.00. The standard InChI is InChI=1S/C19H26ClFN2O3.C11H18FNO4.C7H9ClN2.ClH/c1-11-10-22-17(20)8-13(11)6-7-16(24)15-9-14(21)12(2)23(15)18(25)26-19(3,4)5;1-6-7(12)5-8(9(14)15)13(6)10(16)17-11(2,3)4;1-5-4-10-7(8)2-6(5)3-9;/h8,10,12,14-15H,6-7,9H2,1-5H3;6-8H,5H2,1-4H3,(H,14,15);2,4H,3,9H2,1H3;1H/t12-,14+,15-;6-,7+,8-;;/m00../s1. The van der Waals surface area contributed by atoms with Crippen LogP contribution in [0.3, 0.4) is 0 Å². The lowest BCUT2D eigenvalue weighted by Gasteiger charge is -2.30. The summed E-state index contributed by atoms with van der Waals surface area (Å²) in [6.45, 7) is 17.7. The zero-order valence-electron chi connectivity index (χ0n) is 32.5. The quantitative estimate of drug-likeness (QED) is 0.273. The molecule has 2 aromatic heterocycles. The summed E-state index contributed by atoms with van der Waals surface area (Å²) in [7, 11) is 0. The molecule has 4 rings (SSSR count). The maximum absolute atomic E-state index is 14.2. The molecule has 0 saturated carbocycles. The monoisotopic (exact) mass is 823 g/mol. The minimum atomic E-state index is -1.33. The summed E-state index contributed by atoms with van der Waals surface area (Å²) in [6, 6.07) is 0.117. The smallest absolute Gasteiger partial charge is 0.411 e. The van der Waals surface area contributed by atoms with Crippen molar-refractivity contribution in [3.63, 3.8) is 0 Å². The van der Waals surface area contributed by atoms with Gasteiger partial charge in [0.05, 0.1) is 18.1 Å². The molecule has 4 heterocycles. The number of aliphatic carboxylic acids is 1. The molecule has 2 fully saturated rings. The van der Waals surface area contributed by atoms with Crippen LogP contribution in [0.1, 0.15) is 96.9 Å². The molecule has 2 aliphatic rings. The van der Waals surface area contributed by atoms with Crippen LogP contribution in [0.5, 0.6) is 0 Å². The molecule has 0 spiro atoms. The van der Waals surface area contributed by atoms with Crippen molar-refractivity contribution in [1.82, 2.24) is 19.8 Å². The van der Waals surface area contributed by atoms with Gasteiger partial charge in [-0.05, 0) is 110 Å². The van der Waals surface area contributed by atoms with Crippen LogP contribution in [0.4, 0.5) is 18.4 Å². The van der Waals surface area contributed by atoms with Gasteiger partial charge in [0.2, 0.25) is 0 Å². The van der Waals surface area contributed by atoms with Gasteiger partial charge in [-0.15, -0.1) is 12.4 Å². The van der Waals surface area contributed by atoms with Gasteiger partial charge in [-0.3, -0.25) is 14.6 Å². The molecule has 0 aromatic carbocycles. The van der Waals surface area contributed by atoms with Gasteiger partial charge >= 0.3 is 18.2 Å². The van der Waals surface area contributed by atoms with Crippen molar-refractivity contribution in [3.8, 4) is 0 Å². The van der Waals surface area contributed by atoms with Crippen LogP contribution in [0.25, 0.3) is 0 Å². The van der Waals surface area contributed by atoms with Crippen molar-refractivity contribution in [1.29, 1.82) is 0 Å². The number of likely N-dealkylation sites (tertiary alicyclic amines) is 2.